The van der Waals surface area contributed by atoms with Crippen LogP contribution in [0.1, 0.15) is 5.56 Å². The Kier molecular flexibility index (Phi) is 5.25. The van der Waals surface area contributed by atoms with Gasteiger partial charge in [-0.15, -0.1) is 0 Å². The van der Waals surface area contributed by atoms with E-state index in [1.54, 1.807) is 6.08 Å². The Hall–Kier alpha value is -1.38. The molecule has 0 radical (unpaired) electrons. The lowest BCUT2D eigenvalue weighted by Gasteiger charge is -2.15. The Labute approximate surface area is 146 Å². The highest BCUT2D eigenvalue weighted by Gasteiger charge is 2.31. The zero-order valence-electron chi connectivity index (χ0n) is 11.8. The molecule has 1 fully saturated rings. The van der Waals surface area contributed by atoms with Gasteiger partial charge in [0.05, 0.1) is 23.1 Å². The van der Waals surface area contributed by atoms with Crippen LogP contribution in [-0.2, 0) is 9.59 Å². The third kappa shape index (κ3) is 3.68. The molecule has 2 rings (SSSR count). The molecule has 1 heterocycles. The third-order valence-electron chi connectivity index (χ3n) is 2.91. The summed E-state index contributed by atoms with van der Waals surface area (Å²) >= 11 is 9.60. The average molecular weight is 400 g/mol. The number of hydrogen-bond donors (Lipinski definition) is 0. The van der Waals surface area contributed by atoms with Gasteiger partial charge in [0.15, 0.2) is 0 Å². The van der Waals surface area contributed by atoms with Crippen LogP contribution in [0.3, 0.4) is 0 Å². The summed E-state index contributed by atoms with van der Waals surface area (Å²) in [6.45, 7) is -0.523. The van der Waals surface area contributed by atoms with Crippen molar-refractivity contribution in [3.63, 3.8) is 0 Å². The van der Waals surface area contributed by atoms with Crippen LogP contribution >= 0.6 is 39.9 Å². The molecule has 1 aromatic rings. The summed E-state index contributed by atoms with van der Waals surface area (Å²) in [6, 6.07) is 5.70. The van der Waals surface area contributed by atoms with Crippen LogP contribution in [0.5, 0.6) is 0 Å². The molecule has 8 heteroatoms. The molecule has 0 N–H and O–H groups in total. The van der Waals surface area contributed by atoms with Gasteiger partial charge in [-0.05, 0) is 39.7 Å². The first-order valence-electron chi connectivity index (χ1n) is 6.21. The van der Waals surface area contributed by atoms with Gasteiger partial charge in [-0.3, -0.25) is 9.69 Å². The minimum atomic E-state index is -1.34. The Balaban J connectivity index is 2.27. The molecule has 5 nitrogen and oxygen atoms in total. The number of thiocarbonyl (C=S) groups is 1. The van der Waals surface area contributed by atoms with Crippen molar-refractivity contribution in [3.05, 3.63) is 33.1 Å². The number of benzene rings is 1. The van der Waals surface area contributed by atoms with Crippen LogP contribution in [0.25, 0.3) is 6.08 Å². The summed E-state index contributed by atoms with van der Waals surface area (Å²) in [5.41, 5.74) is 1.84. The average Bonchev–Trinajstić information content (AvgIpc) is 2.66. The Morgan fingerprint density at radius 3 is 2.73 bits per heavy atom. The number of carboxylic acids is 1. The largest absolute Gasteiger partial charge is 0.548 e. The smallest absolute Gasteiger partial charge is 0.266 e. The molecular formula is C14H12BrN2O3S2-. The van der Waals surface area contributed by atoms with E-state index in [1.807, 2.05) is 37.2 Å². The van der Waals surface area contributed by atoms with E-state index in [4.69, 9.17) is 12.2 Å². The Morgan fingerprint density at radius 1 is 1.50 bits per heavy atom. The molecule has 1 aliphatic rings. The second-order valence-corrected chi connectivity index (χ2v) is 7.28. The predicted octanol–water partition coefficient (Wildman–Crippen LogP) is 1.47. The van der Waals surface area contributed by atoms with E-state index >= 15 is 0 Å². The van der Waals surface area contributed by atoms with Crippen LogP contribution in [0.2, 0.25) is 0 Å². The molecule has 0 saturated carbocycles. The van der Waals surface area contributed by atoms with Crippen LogP contribution in [0, 0.1) is 0 Å². The van der Waals surface area contributed by atoms with Crippen molar-refractivity contribution in [3.8, 4) is 0 Å². The fourth-order valence-corrected chi connectivity index (χ4v) is 3.90. The monoisotopic (exact) mass is 399 g/mol. The van der Waals surface area contributed by atoms with Crippen LogP contribution in [0.4, 0.5) is 5.69 Å². The van der Waals surface area contributed by atoms with Gasteiger partial charge in [0.2, 0.25) is 0 Å². The highest BCUT2D eigenvalue weighted by atomic mass is 79.9. The maximum Gasteiger partial charge on any atom is 0.266 e. The van der Waals surface area contributed by atoms with Crippen molar-refractivity contribution in [2.45, 2.75) is 0 Å². The number of halogens is 1. The van der Waals surface area contributed by atoms with E-state index in [-0.39, 0.29) is 4.32 Å². The lowest BCUT2D eigenvalue weighted by Crippen LogP contribution is -2.40. The summed E-state index contributed by atoms with van der Waals surface area (Å²) in [6.07, 6.45) is 1.69. The maximum absolute atomic E-state index is 12.2. The zero-order chi connectivity index (χ0) is 16.4. The highest BCUT2D eigenvalue weighted by Crippen LogP contribution is 2.33. The first kappa shape index (κ1) is 17.0. The zero-order valence-corrected chi connectivity index (χ0v) is 15.0. The van der Waals surface area contributed by atoms with Crippen molar-refractivity contribution in [1.82, 2.24) is 4.90 Å². The van der Waals surface area contributed by atoms with E-state index in [0.717, 1.165) is 32.4 Å². The van der Waals surface area contributed by atoms with Crippen LogP contribution in [-0.4, -0.2) is 41.7 Å². The van der Waals surface area contributed by atoms with Gasteiger partial charge in [0.25, 0.3) is 5.91 Å². The third-order valence-corrected chi connectivity index (χ3v) is 4.93. The molecule has 1 amide bonds. The van der Waals surface area contributed by atoms with Crippen molar-refractivity contribution in [2.24, 2.45) is 0 Å². The van der Waals surface area contributed by atoms with Crippen LogP contribution < -0.4 is 10.0 Å². The number of carbonyl (C=O) groups excluding carboxylic acids is 2. The van der Waals surface area contributed by atoms with Gasteiger partial charge in [0.1, 0.15) is 4.32 Å². The summed E-state index contributed by atoms with van der Waals surface area (Å²) in [5, 5.41) is 10.7. The van der Waals surface area contributed by atoms with Crippen molar-refractivity contribution in [2.75, 3.05) is 25.5 Å². The number of anilines is 1. The van der Waals surface area contributed by atoms with Crippen molar-refractivity contribution < 1.29 is 14.7 Å². The summed E-state index contributed by atoms with van der Waals surface area (Å²) in [5.74, 6) is -1.75. The minimum absolute atomic E-state index is 0.226. The van der Waals surface area contributed by atoms with Gasteiger partial charge in [-0.1, -0.05) is 30.0 Å². The lowest BCUT2D eigenvalue weighted by atomic mass is 10.2. The second kappa shape index (κ2) is 6.80. The summed E-state index contributed by atoms with van der Waals surface area (Å²) in [4.78, 5) is 26.2. The molecule has 0 aliphatic carbocycles. The molecule has 0 atom stereocenters. The fourth-order valence-electron chi connectivity index (χ4n) is 1.89. The molecular weight excluding hydrogens is 388 g/mol. The van der Waals surface area contributed by atoms with E-state index in [9.17, 15) is 14.7 Å². The van der Waals surface area contributed by atoms with Gasteiger partial charge < -0.3 is 14.8 Å². The van der Waals surface area contributed by atoms with Crippen molar-refractivity contribution in [1.29, 1.82) is 0 Å². The maximum atomic E-state index is 12.2. The predicted molar refractivity (Wildman–Crippen MR) is 93.4 cm³/mol. The van der Waals surface area contributed by atoms with E-state index < -0.39 is 18.4 Å². The van der Waals surface area contributed by atoms with E-state index in [2.05, 4.69) is 15.9 Å². The second-order valence-electron chi connectivity index (χ2n) is 4.75. The van der Waals surface area contributed by atoms with Gasteiger partial charge in [-0.2, -0.15) is 0 Å². The number of hydrogen-bond acceptors (Lipinski definition) is 6. The lowest BCUT2D eigenvalue weighted by molar-refractivity contribution is -0.305. The number of thioether (sulfide) groups is 1. The van der Waals surface area contributed by atoms with Crippen LogP contribution in [0.15, 0.2) is 27.6 Å². The normalized spacial score (nSPS) is 16.5. The SMILES string of the molecule is CN(C)c1ccc(/C=C2\SC(=S)N(CC(=O)[O-])C2=O)cc1Br. The molecule has 22 heavy (non-hydrogen) atoms. The number of nitrogens with zero attached hydrogens (tertiary/aromatic N) is 2. The van der Waals surface area contributed by atoms with E-state index in [1.165, 1.54) is 0 Å². The molecule has 1 saturated heterocycles. The van der Waals surface area contributed by atoms with Gasteiger partial charge >= 0.3 is 0 Å². The first-order valence-corrected chi connectivity index (χ1v) is 8.23. The Morgan fingerprint density at radius 2 is 2.18 bits per heavy atom. The minimum Gasteiger partial charge on any atom is -0.548 e. The molecule has 0 spiro atoms. The fraction of sp³-hybridized carbons (Fsp3) is 0.214. The van der Waals surface area contributed by atoms with E-state index in [0.29, 0.717) is 4.91 Å². The highest BCUT2D eigenvalue weighted by molar-refractivity contribution is 9.10. The number of rotatable bonds is 4. The topological polar surface area (TPSA) is 63.7 Å². The molecule has 1 aromatic carbocycles. The number of carboxylic acid groups (broad SMARTS) is 1. The van der Waals surface area contributed by atoms with Gasteiger partial charge in [-0.25, -0.2) is 0 Å². The molecule has 1 aliphatic heterocycles. The number of aliphatic carboxylic acids is 1. The summed E-state index contributed by atoms with van der Waals surface area (Å²) in [7, 11) is 3.87. The standard InChI is InChI=1S/C14H13BrN2O3S2/c1-16(2)10-4-3-8(5-9(10)15)6-11-13(20)17(7-12(18)19)14(21)22-11/h3-6H,7H2,1-2H3,(H,18,19)/p-1/b11-6-. The van der Waals surface area contributed by atoms with Gasteiger partial charge in [0, 0.05) is 18.6 Å². The van der Waals surface area contributed by atoms with Crippen molar-refractivity contribution >= 4 is 67.9 Å². The molecule has 116 valence electrons. The Bertz CT molecular complexity index is 689. The quantitative estimate of drug-likeness (QED) is 0.564. The first-order chi connectivity index (χ1) is 10.3. The molecule has 0 bridgehead atoms. The summed E-state index contributed by atoms with van der Waals surface area (Å²) < 4.78 is 1.13. The number of amides is 1. The molecule has 0 unspecified atom stereocenters. The molecule has 0 aromatic heterocycles. The number of carbonyl (C=O) groups is 2.